The number of piperazine rings is 1. The first-order valence-corrected chi connectivity index (χ1v) is 12.6. The van der Waals surface area contributed by atoms with E-state index in [1.165, 1.54) is 0 Å². The molecule has 1 aliphatic carbocycles. The van der Waals surface area contributed by atoms with Gasteiger partial charge in [0.25, 0.3) is 11.7 Å². The lowest BCUT2D eigenvalue weighted by Gasteiger charge is -2.34. The van der Waals surface area contributed by atoms with Crippen LogP contribution in [0.5, 0.6) is 5.75 Å². The molecule has 1 saturated heterocycles. The topological polar surface area (TPSA) is 124 Å². The smallest absolute Gasteiger partial charge is 0.271 e. The van der Waals surface area contributed by atoms with Gasteiger partial charge in [0.15, 0.2) is 0 Å². The molecule has 2 aromatic carbocycles. The Kier molecular flexibility index (Phi) is 5.20. The number of nitrogen functional groups attached to an aromatic ring is 1. The minimum absolute atomic E-state index is 0.157. The van der Waals surface area contributed by atoms with Crippen LogP contribution in [0.15, 0.2) is 53.6 Å². The second kappa shape index (κ2) is 8.10. The molecule has 6 rings (SSSR count). The van der Waals surface area contributed by atoms with E-state index in [0.717, 1.165) is 36.8 Å². The largest absolute Gasteiger partial charge is 0.454 e. The van der Waals surface area contributed by atoms with E-state index in [0.29, 0.717) is 17.0 Å². The number of likely N-dealkylation sites (N-methyl/N-ethyl adjacent to an activating group) is 1. The van der Waals surface area contributed by atoms with Crippen molar-refractivity contribution >= 4 is 29.3 Å². The number of amides is 1. The summed E-state index contributed by atoms with van der Waals surface area (Å²) in [5.74, 6) is -2.83. The molecular weight excluding hydrogens is 478 g/mol. The maximum absolute atomic E-state index is 14.0. The maximum atomic E-state index is 14.0. The van der Waals surface area contributed by atoms with Crippen molar-refractivity contribution in [1.82, 2.24) is 19.5 Å². The van der Waals surface area contributed by atoms with Gasteiger partial charge in [0, 0.05) is 43.0 Å². The number of nitrogens with zero attached hydrogens (tertiary/aromatic N) is 2. The van der Waals surface area contributed by atoms with E-state index in [9.17, 15) is 14.7 Å². The van der Waals surface area contributed by atoms with Gasteiger partial charge in [-0.2, -0.15) is 0 Å². The highest BCUT2D eigenvalue weighted by atomic mass is 32.2. The number of H-pyrrole nitrogens is 1. The molecule has 2 atom stereocenters. The van der Waals surface area contributed by atoms with E-state index < -0.39 is 23.0 Å². The fourth-order valence-electron chi connectivity index (χ4n) is 5.38. The van der Waals surface area contributed by atoms with Crippen molar-refractivity contribution in [2.75, 3.05) is 39.0 Å². The molecule has 3 aliphatic rings. The average Bonchev–Trinajstić information content (AvgIpc) is 3.41. The summed E-state index contributed by atoms with van der Waals surface area (Å²) >= 11 is 1.57. The number of rotatable bonds is 4. The number of carbonyl (C=O) groups excluding carboxylic acids is 2. The molecule has 1 fully saturated rings. The Balaban J connectivity index is 1.37. The van der Waals surface area contributed by atoms with Gasteiger partial charge in [-0.05, 0) is 49.7 Å². The van der Waals surface area contributed by atoms with Crippen molar-refractivity contribution < 1.29 is 19.4 Å². The molecule has 1 amide bonds. The number of benzene rings is 2. The maximum Gasteiger partial charge on any atom is 0.271 e. The molecule has 3 heterocycles. The number of anilines is 1. The Labute approximate surface area is 212 Å². The summed E-state index contributed by atoms with van der Waals surface area (Å²) < 4.78 is 8.25. The van der Waals surface area contributed by atoms with Crippen LogP contribution in [-0.4, -0.2) is 64.2 Å². The summed E-state index contributed by atoms with van der Waals surface area (Å²) in [5.41, 5.74) is 6.34. The number of ketones is 1. The fraction of sp³-hybridized carbons (Fsp3) is 0.308. The SMILES string of the molecule is Cc1cc(SN2CCN(C)CC2)[nH]c1C(=O)NC12C(=O)c3c(N)cccc3C1(O)Oc1ccccc12. The lowest BCUT2D eigenvalue weighted by molar-refractivity contribution is -0.169. The van der Waals surface area contributed by atoms with Gasteiger partial charge >= 0.3 is 0 Å². The monoisotopic (exact) mass is 505 g/mol. The first-order chi connectivity index (χ1) is 17.2. The number of ether oxygens (including phenoxy) is 1. The first kappa shape index (κ1) is 23.1. The molecule has 3 aromatic rings. The standard InChI is InChI=1S/C26H27N5O4S/c1-15-14-20(36-31-12-10-30(2)11-13-31)28-22(15)24(33)29-25-16-6-3-4-9-19(16)35-26(25,34)17-7-5-8-18(27)21(17)23(25)32/h3-9,14,28,34H,10-13,27H2,1-2H3,(H,29,33). The number of Topliss-reactive ketones (excluding diaryl/α,β-unsaturated/α-hetero) is 1. The molecule has 10 heteroatoms. The van der Waals surface area contributed by atoms with Crippen LogP contribution in [0, 0.1) is 6.92 Å². The number of fused-ring (bicyclic) bond motifs is 5. The predicted molar refractivity (Wildman–Crippen MR) is 136 cm³/mol. The van der Waals surface area contributed by atoms with E-state index in [-0.39, 0.29) is 16.8 Å². The van der Waals surface area contributed by atoms with Crippen molar-refractivity contribution in [3.63, 3.8) is 0 Å². The van der Waals surface area contributed by atoms with Gasteiger partial charge in [0.2, 0.25) is 11.3 Å². The summed E-state index contributed by atoms with van der Waals surface area (Å²) in [6.07, 6.45) is 0. The average molecular weight is 506 g/mol. The molecule has 0 bridgehead atoms. The molecule has 0 radical (unpaired) electrons. The summed E-state index contributed by atoms with van der Waals surface area (Å²) in [5, 5.41) is 15.6. The highest BCUT2D eigenvalue weighted by Gasteiger charge is 2.72. The molecule has 2 unspecified atom stereocenters. The van der Waals surface area contributed by atoms with Crippen LogP contribution in [0.3, 0.4) is 0 Å². The van der Waals surface area contributed by atoms with E-state index in [2.05, 4.69) is 26.6 Å². The van der Waals surface area contributed by atoms with Crippen molar-refractivity contribution in [3.05, 3.63) is 76.5 Å². The lowest BCUT2D eigenvalue weighted by atomic mass is 9.82. The minimum Gasteiger partial charge on any atom is -0.454 e. The van der Waals surface area contributed by atoms with Crippen molar-refractivity contribution in [3.8, 4) is 5.75 Å². The summed E-state index contributed by atoms with van der Waals surface area (Å²) in [4.78, 5) is 33.2. The van der Waals surface area contributed by atoms with Gasteiger partial charge < -0.3 is 30.8 Å². The number of aryl methyl sites for hydroxylation is 1. The summed E-state index contributed by atoms with van der Waals surface area (Å²) in [7, 11) is 2.10. The molecular formula is C26H27N5O4S. The van der Waals surface area contributed by atoms with Crippen LogP contribution in [0.25, 0.3) is 0 Å². The third-order valence-electron chi connectivity index (χ3n) is 7.29. The summed E-state index contributed by atoms with van der Waals surface area (Å²) in [6, 6.07) is 13.6. The van der Waals surface area contributed by atoms with Crippen LogP contribution in [-0.2, 0) is 11.3 Å². The highest BCUT2D eigenvalue weighted by Crippen LogP contribution is 2.58. The number of nitrogens with two attached hydrogens (primary N) is 1. The Morgan fingerprint density at radius 1 is 1.14 bits per heavy atom. The molecule has 0 spiro atoms. The Hall–Kier alpha value is -3.31. The molecule has 9 nitrogen and oxygen atoms in total. The van der Waals surface area contributed by atoms with Crippen molar-refractivity contribution in [2.24, 2.45) is 0 Å². The van der Waals surface area contributed by atoms with Gasteiger partial charge in [0.05, 0.1) is 10.6 Å². The first-order valence-electron chi connectivity index (χ1n) is 11.8. The number of carbonyl (C=O) groups is 2. The predicted octanol–water partition coefficient (Wildman–Crippen LogP) is 2.22. The van der Waals surface area contributed by atoms with Crippen LogP contribution >= 0.6 is 11.9 Å². The number of aliphatic hydroxyl groups is 1. The van der Waals surface area contributed by atoms with Crippen molar-refractivity contribution in [1.29, 1.82) is 0 Å². The Morgan fingerprint density at radius 3 is 2.64 bits per heavy atom. The Bertz CT molecular complexity index is 1400. The lowest BCUT2D eigenvalue weighted by Crippen LogP contribution is -2.60. The van der Waals surface area contributed by atoms with E-state index in [1.54, 1.807) is 54.4 Å². The Morgan fingerprint density at radius 2 is 1.86 bits per heavy atom. The zero-order chi connectivity index (χ0) is 25.2. The van der Waals surface area contributed by atoms with Gasteiger partial charge in [0.1, 0.15) is 11.4 Å². The van der Waals surface area contributed by atoms with E-state index in [1.807, 2.05) is 13.0 Å². The molecule has 5 N–H and O–H groups in total. The second-order valence-corrected chi connectivity index (χ2v) is 10.7. The van der Waals surface area contributed by atoms with Gasteiger partial charge in [-0.25, -0.2) is 4.31 Å². The quantitative estimate of drug-likeness (QED) is 0.314. The number of hydrogen-bond donors (Lipinski definition) is 4. The zero-order valence-electron chi connectivity index (χ0n) is 20.0. The third-order valence-corrected chi connectivity index (χ3v) is 8.33. The number of nitrogens with one attached hydrogen (secondary N) is 2. The highest BCUT2D eigenvalue weighted by molar-refractivity contribution is 7.97. The molecule has 1 aromatic heterocycles. The number of hydrogen-bond acceptors (Lipinski definition) is 8. The van der Waals surface area contributed by atoms with E-state index >= 15 is 0 Å². The zero-order valence-corrected chi connectivity index (χ0v) is 20.8. The van der Waals surface area contributed by atoms with Crippen LogP contribution in [0.2, 0.25) is 0 Å². The van der Waals surface area contributed by atoms with Gasteiger partial charge in [-0.15, -0.1) is 0 Å². The number of aromatic nitrogens is 1. The summed E-state index contributed by atoms with van der Waals surface area (Å²) in [6.45, 7) is 5.63. The van der Waals surface area contributed by atoms with Crippen molar-refractivity contribution in [2.45, 2.75) is 23.3 Å². The minimum atomic E-state index is -2.13. The van der Waals surface area contributed by atoms with E-state index in [4.69, 9.17) is 10.5 Å². The number of aromatic amines is 1. The molecule has 186 valence electrons. The molecule has 36 heavy (non-hydrogen) atoms. The molecule has 0 saturated carbocycles. The van der Waals surface area contributed by atoms with Gasteiger partial charge in [-0.3, -0.25) is 9.59 Å². The molecule has 2 aliphatic heterocycles. The number of para-hydroxylation sites is 1. The normalized spacial score (nSPS) is 25.2. The third kappa shape index (κ3) is 3.15. The van der Waals surface area contributed by atoms with Gasteiger partial charge in [-0.1, -0.05) is 30.3 Å². The second-order valence-electron chi connectivity index (χ2n) is 9.56. The van der Waals surface area contributed by atoms with Crippen LogP contribution in [0.4, 0.5) is 5.69 Å². The van der Waals surface area contributed by atoms with Crippen LogP contribution < -0.4 is 15.8 Å². The van der Waals surface area contributed by atoms with Crippen LogP contribution in [0.1, 0.15) is 37.5 Å². The fourth-order valence-corrected chi connectivity index (χ4v) is 6.38.